The topological polar surface area (TPSA) is 77.0 Å². The highest BCUT2D eigenvalue weighted by atomic mass is 16.3. The van der Waals surface area contributed by atoms with E-state index in [1.54, 1.807) is 0 Å². The summed E-state index contributed by atoms with van der Waals surface area (Å²) < 4.78 is 5.79. The third-order valence-electron chi connectivity index (χ3n) is 3.13. The Hall–Kier alpha value is -2.40. The second-order valence-corrected chi connectivity index (χ2v) is 4.95. The Bertz CT molecular complexity index is 715. The monoisotopic (exact) mass is 268 g/mol. The van der Waals surface area contributed by atoms with E-state index in [1.807, 2.05) is 36.4 Å². The first-order valence-corrected chi connectivity index (χ1v) is 6.52. The van der Waals surface area contributed by atoms with Crippen molar-refractivity contribution < 1.29 is 4.42 Å². The highest BCUT2D eigenvalue weighted by Crippen LogP contribution is 2.27. The van der Waals surface area contributed by atoms with Gasteiger partial charge in [0, 0.05) is 17.1 Å². The van der Waals surface area contributed by atoms with E-state index in [1.165, 1.54) is 0 Å². The summed E-state index contributed by atoms with van der Waals surface area (Å²) in [6, 6.07) is 11.6. The van der Waals surface area contributed by atoms with Crippen LogP contribution in [0.5, 0.6) is 0 Å². The van der Waals surface area contributed by atoms with Gasteiger partial charge in [-0.15, -0.1) is 0 Å². The van der Waals surface area contributed by atoms with E-state index in [9.17, 15) is 0 Å². The molecule has 5 nitrogen and oxygen atoms in total. The number of nitrogen functional groups attached to an aromatic ring is 1. The van der Waals surface area contributed by atoms with Crippen LogP contribution in [0.3, 0.4) is 0 Å². The van der Waals surface area contributed by atoms with E-state index in [-0.39, 0.29) is 5.92 Å². The zero-order valence-electron chi connectivity index (χ0n) is 11.4. The van der Waals surface area contributed by atoms with Crippen LogP contribution in [-0.4, -0.2) is 9.97 Å². The fourth-order valence-corrected chi connectivity index (χ4v) is 2.04. The van der Waals surface area contributed by atoms with Crippen LogP contribution < -0.4 is 11.3 Å². The average Bonchev–Trinajstić information content (AvgIpc) is 2.90. The number of anilines is 1. The van der Waals surface area contributed by atoms with Gasteiger partial charge in [0.2, 0.25) is 0 Å². The van der Waals surface area contributed by atoms with Gasteiger partial charge >= 0.3 is 0 Å². The first kappa shape index (κ1) is 12.6. The summed E-state index contributed by atoms with van der Waals surface area (Å²) in [6.07, 6.45) is 0. The molecule has 0 bridgehead atoms. The number of aromatic nitrogens is 2. The van der Waals surface area contributed by atoms with Crippen LogP contribution in [0.15, 0.2) is 40.8 Å². The highest BCUT2D eigenvalue weighted by Gasteiger charge is 2.13. The lowest BCUT2D eigenvalue weighted by molar-refractivity contribution is 0.623. The number of nitrogens with two attached hydrogens (primary N) is 1. The summed E-state index contributed by atoms with van der Waals surface area (Å²) >= 11 is 0. The van der Waals surface area contributed by atoms with Gasteiger partial charge in [0.05, 0.1) is 0 Å². The lowest BCUT2D eigenvalue weighted by Gasteiger charge is -2.08. The summed E-state index contributed by atoms with van der Waals surface area (Å²) in [5.74, 6) is 7.52. The molecule has 2 aromatic heterocycles. The van der Waals surface area contributed by atoms with Crippen LogP contribution in [0.4, 0.5) is 5.82 Å². The highest BCUT2D eigenvalue weighted by molar-refractivity contribution is 5.81. The minimum absolute atomic E-state index is 0.285. The van der Waals surface area contributed by atoms with Gasteiger partial charge in [0.15, 0.2) is 11.6 Å². The molecule has 0 saturated carbocycles. The van der Waals surface area contributed by atoms with E-state index >= 15 is 0 Å². The Morgan fingerprint density at radius 1 is 1.15 bits per heavy atom. The molecule has 0 radical (unpaired) electrons. The zero-order valence-corrected chi connectivity index (χ0v) is 11.4. The van der Waals surface area contributed by atoms with Crippen molar-refractivity contribution in [3.05, 3.63) is 42.1 Å². The summed E-state index contributed by atoms with van der Waals surface area (Å²) in [4.78, 5) is 8.90. The van der Waals surface area contributed by atoms with Crippen molar-refractivity contribution in [1.29, 1.82) is 0 Å². The first-order valence-electron chi connectivity index (χ1n) is 6.52. The fraction of sp³-hybridized carbons (Fsp3) is 0.200. The van der Waals surface area contributed by atoms with Gasteiger partial charge in [-0.25, -0.2) is 15.8 Å². The van der Waals surface area contributed by atoms with Crippen LogP contribution in [0.25, 0.3) is 22.6 Å². The fourth-order valence-electron chi connectivity index (χ4n) is 2.04. The molecule has 0 aliphatic carbocycles. The molecule has 0 atom stereocenters. The Labute approximate surface area is 116 Å². The quantitative estimate of drug-likeness (QED) is 0.563. The predicted octanol–water partition coefficient (Wildman–Crippen LogP) is 3.30. The SMILES string of the molecule is CC(C)c1cc(NN)nc(-c2cc3ccccc3o2)n1. The van der Waals surface area contributed by atoms with Gasteiger partial charge in [0.25, 0.3) is 0 Å². The number of benzene rings is 1. The van der Waals surface area contributed by atoms with Crippen LogP contribution in [0.2, 0.25) is 0 Å². The largest absolute Gasteiger partial charge is 0.453 e. The lowest BCUT2D eigenvalue weighted by atomic mass is 10.1. The molecule has 5 heteroatoms. The maximum absolute atomic E-state index is 5.79. The van der Waals surface area contributed by atoms with Gasteiger partial charge < -0.3 is 9.84 Å². The van der Waals surface area contributed by atoms with Crippen molar-refractivity contribution >= 4 is 16.8 Å². The van der Waals surface area contributed by atoms with Crippen molar-refractivity contribution in [1.82, 2.24) is 9.97 Å². The van der Waals surface area contributed by atoms with Crippen LogP contribution >= 0.6 is 0 Å². The first-order chi connectivity index (χ1) is 9.67. The molecule has 3 N–H and O–H groups in total. The molecule has 0 unspecified atom stereocenters. The smallest absolute Gasteiger partial charge is 0.197 e. The average molecular weight is 268 g/mol. The molecule has 3 rings (SSSR count). The number of nitrogens with one attached hydrogen (secondary N) is 1. The molecule has 0 amide bonds. The number of nitrogens with zero attached hydrogens (tertiary/aromatic N) is 2. The van der Waals surface area contributed by atoms with E-state index < -0.39 is 0 Å². The number of hydrazine groups is 1. The molecular formula is C15H16N4O. The molecule has 0 aliphatic rings. The number of rotatable bonds is 3. The molecule has 3 aromatic rings. The third-order valence-corrected chi connectivity index (χ3v) is 3.13. The van der Waals surface area contributed by atoms with Crippen molar-refractivity contribution in [2.75, 3.05) is 5.43 Å². The Kier molecular flexibility index (Phi) is 3.12. The standard InChI is InChI=1S/C15H16N4O/c1-9(2)11-8-14(19-16)18-15(17-11)13-7-10-5-3-4-6-12(10)20-13/h3-9H,16H2,1-2H3,(H,17,18,19). The summed E-state index contributed by atoms with van der Waals surface area (Å²) in [6.45, 7) is 4.15. The molecule has 0 fully saturated rings. The summed E-state index contributed by atoms with van der Waals surface area (Å²) in [7, 11) is 0. The van der Waals surface area contributed by atoms with Crippen LogP contribution in [0, 0.1) is 0 Å². The van der Waals surface area contributed by atoms with Gasteiger partial charge in [-0.1, -0.05) is 32.0 Å². The molecule has 0 aliphatic heterocycles. The van der Waals surface area contributed by atoms with Gasteiger partial charge in [-0.3, -0.25) is 0 Å². The van der Waals surface area contributed by atoms with Gasteiger partial charge in [0.1, 0.15) is 11.4 Å². The van der Waals surface area contributed by atoms with Crippen LogP contribution in [-0.2, 0) is 0 Å². The van der Waals surface area contributed by atoms with Crippen molar-refractivity contribution in [3.8, 4) is 11.6 Å². The summed E-state index contributed by atoms with van der Waals surface area (Å²) in [5.41, 5.74) is 4.32. The second-order valence-electron chi connectivity index (χ2n) is 4.95. The number of fused-ring (bicyclic) bond motifs is 1. The van der Waals surface area contributed by atoms with E-state index in [0.717, 1.165) is 16.7 Å². The molecule has 20 heavy (non-hydrogen) atoms. The maximum Gasteiger partial charge on any atom is 0.197 e. The lowest BCUT2D eigenvalue weighted by Crippen LogP contribution is -2.10. The normalized spacial score (nSPS) is 11.2. The van der Waals surface area contributed by atoms with Crippen molar-refractivity contribution in [2.24, 2.45) is 5.84 Å². The number of para-hydroxylation sites is 1. The van der Waals surface area contributed by atoms with E-state index in [4.69, 9.17) is 10.3 Å². The predicted molar refractivity (Wildman–Crippen MR) is 79.1 cm³/mol. The minimum Gasteiger partial charge on any atom is -0.453 e. The van der Waals surface area contributed by atoms with Gasteiger partial charge in [-0.2, -0.15) is 0 Å². The number of hydrogen-bond acceptors (Lipinski definition) is 5. The Morgan fingerprint density at radius 2 is 1.95 bits per heavy atom. The Balaban J connectivity index is 2.14. The Morgan fingerprint density at radius 3 is 2.65 bits per heavy atom. The third kappa shape index (κ3) is 2.23. The van der Waals surface area contributed by atoms with E-state index in [0.29, 0.717) is 17.4 Å². The van der Waals surface area contributed by atoms with Crippen LogP contribution in [0.1, 0.15) is 25.5 Å². The molecule has 1 aromatic carbocycles. The van der Waals surface area contributed by atoms with Crippen molar-refractivity contribution in [3.63, 3.8) is 0 Å². The van der Waals surface area contributed by atoms with Gasteiger partial charge in [-0.05, 0) is 18.1 Å². The van der Waals surface area contributed by atoms with E-state index in [2.05, 4.69) is 29.2 Å². The van der Waals surface area contributed by atoms with Crippen molar-refractivity contribution in [2.45, 2.75) is 19.8 Å². The molecule has 102 valence electrons. The molecule has 0 spiro atoms. The molecule has 2 heterocycles. The molecular weight excluding hydrogens is 252 g/mol. The second kappa shape index (κ2) is 4.94. The maximum atomic E-state index is 5.79. The summed E-state index contributed by atoms with van der Waals surface area (Å²) in [5, 5.41) is 1.03. The molecule has 0 saturated heterocycles. The zero-order chi connectivity index (χ0) is 14.1. The number of hydrogen-bond donors (Lipinski definition) is 2. The number of furan rings is 1. The minimum atomic E-state index is 0.285.